The van der Waals surface area contributed by atoms with Crippen LogP contribution in [0.25, 0.3) is 0 Å². The quantitative estimate of drug-likeness (QED) is 0.594. The molecule has 0 saturated heterocycles. The number of carbonyl (C=O) groups is 1. The van der Waals surface area contributed by atoms with E-state index in [2.05, 4.69) is 22.1 Å². The number of nitrogens with zero attached hydrogens (tertiary/aromatic N) is 2. The number of hydrogen-bond donors (Lipinski definition) is 1. The summed E-state index contributed by atoms with van der Waals surface area (Å²) in [4.78, 5) is 12.1. The molecule has 1 N–H and O–H groups in total. The van der Waals surface area contributed by atoms with E-state index in [1.807, 2.05) is 44.2 Å². The number of aromatic nitrogens is 2. The average molecular weight is 352 g/mol. The smallest absolute Gasteiger partial charge is 0.237 e. The molecule has 22 heavy (non-hydrogen) atoms. The van der Waals surface area contributed by atoms with Crippen LogP contribution in [0.15, 0.2) is 51.2 Å². The number of nitrogens with one attached hydrogen (secondary N) is 1. The van der Waals surface area contributed by atoms with Gasteiger partial charge in [0.15, 0.2) is 8.68 Å². The summed E-state index contributed by atoms with van der Waals surface area (Å²) in [5.74, 6) is 0.797. The Labute approximate surface area is 142 Å². The van der Waals surface area contributed by atoms with Crippen molar-refractivity contribution in [1.29, 1.82) is 0 Å². The van der Waals surface area contributed by atoms with E-state index in [0.29, 0.717) is 0 Å². The van der Waals surface area contributed by atoms with Crippen LogP contribution in [-0.4, -0.2) is 27.1 Å². The second-order valence-corrected chi connectivity index (χ2v) is 8.48. The van der Waals surface area contributed by atoms with Crippen LogP contribution in [0.2, 0.25) is 0 Å². The Bertz CT molecular complexity index is 642. The summed E-state index contributed by atoms with van der Waals surface area (Å²) < 4.78 is 1.71. The maximum absolute atomic E-state index is 12.1. The average Bonchev–Trinajstić information content (AvgIpc) is 2.93. The second kappa shape index (κ2) is 8.36. The minimum atomic E-state index is -0.229. The number of anilines is 1. The van der Waals surface area contributed by atoms with Crippen molar-refractivity contribution in [3.8, 4) is 0 Å². The summed E-state index contributed by atoms with van der Waals surface area (Å²) in [5, 5.41) is 10.9. The van der Waals surface area contributed by atoms with E-state index in [1.54, 1.807) is 11.8 Å². The number of thioether (sulfide) groups is 2. The van der Waals surface area contributed by atoms with Gasteiger partial charge >= 0.3 is 0 Å². The fraction of sp³-hybridized carbons (Fsp3) is 0.267. The number of amides is 1. The number of rotatable bonds is 7. The summed E-state index contributed by atoms with van der Waals surface area (Å²) in [6.07, 6.45) is 0. The van der Waals surface area contributed by atoms with Crippen molar-refractivity contribution in [2.45, 2.75) is 27.8 Å². The Morgan fingerprint density at radius 3 is 2.68 bits per heavy atom. The van der Waals surface area contributed by atoms with Crippen molar-refractivity contribution in [1.82, 2.24) is 10.2 Å². The zero-order valence-electron chi connectivity index (χ0n) is 12.4. The minimum absolute atomic E-state index is 0.0393. The van der Waals surface area contributed by atoms with E-state index < -0.39 is 0 Å². The summed E-state index contributed by atoms with van der Waals surface area (Å²) in [6, 6.07) is 9.44. The molecule has 1 aromatic carbocycles. The van der Waals surface area contributed by atoms with Gasteiger partial charge in [-0.3, -0.25) is 4.79 Å². The minimum Gasteiger partial charge on any atom is -0.325 e. The molecule has 0 saturated carbocycles. The normalized spacial score (nSPS) is 11.9. The van der Waals surface area contributed by atoms with Gasteiger partial charge in [0.25, 0.3) is 0 Å². The Balaban J connectivity index is 1.87. The van der Waals surface area contributed by atoms with Gasteiger partial charge in [0.05, 0.1) is 5.25 Å². The van der Waals surface area contributed by atoms with Gasteiger partial charge in [-0.25, -0.2) is 0 Å². The molecule has 0 spiro atoms. The topological polar surface area (TPSA) is 54.9 Å². The molecule has 0 aliphatic rings. The van der Waals surface area contributed by atoms with E-state index >= 15 is 0 Å². The van der Waals surface area contributed by atoms with Crippen LogP contribution in [-0.2, 0) is 4.79 Å². The molecular weight excluding hydrogens is 334 g/mol. The van der Waals surface area contributed by atoms with Crippen LogP contribution in [0.3, 0.4) is 0 Å². The molecule has 1 amide bonds. The van der Waals surface area contributed by atoms with Crippen molar-refractivity contribution in [3.05, 3.63) is 42.5 Å². The molecule has 0 aliphatic heterocycles. The molecule has 1 heterocycles. The van der Waals surface area contributed by atoms with Crippen LogP contribution in [0.4, 0.5) is 5.69 Å². The Morgan fingerprint density at radius 2 is 2.00 bits per heavy atom. The monoisotopic (exact) mass is 351 g/mol. The Hall–Kier alpha value is -1.31. The zero-order valence-corrected chi connectivity index (χ0v) is 14.9. The Morgan fingerprint density at radius 1 is 1.32 bits per heavy atom. The fourth-order valence-corrected chi connectivity index (χ4v) is 4.47. The highest BCUT2D eigenvalue weighted by atomic mass is 32.2. The molecule has 1 aromatic heterocycles. The molecule has 0 bridgehead atoms. The standard InChI is InChI=1S/C15H17N3OS3/c1-10(2)9-20-14-17-18-15(22-14)21-11(3)13(19)16-12-7-5-4-6-8-12/h4-8,11H,1,9H2,2-3H3,(H,16,19)/t11-/m1/s1. The molecule has 2 rings (SSSR count). The zero-order chi connectivity index (χ0) is 15.9. The van der Waals surface area contributed by atoms with Crippen molar-refractivity contribution in [3.63, 3.8) is 0 Å². The third kappa shape index (κ3) is 5.47. The first-order valence-corrected chi connectivity index (χ1v) is 9.36. The molecule has 1 atom stereocenters. The lowest BCUT2D eigenvalue weighted by molar-refractivity contribution is -0.115. The Kier molecular flexibility index (Phi) is 6.48. The first-order chi connectivity index (χ1) is 10.5. The predicted octanol–water partition coefficient (Wildman–Crippen LogP) is 4.33. The molecule has 4 nitrogen and oxygen atoms in total. The summed E-state index contributed by atoms with van der Waals surface area (Å²) in [5.41, 5.74) is 1.90. The highest BCUT2D eigenvalue weighted by Crippen LogP contribution is 2.32. The fourth-order valence-electron chi connectivity index (χ4n) is 1.46. The van der Waals surface area contributed by atoms with Crippen molar-refractivity contribution in [2.75, 3.05) is 11.1 Å². The number of para-hydroxylation sites is 1. The number of hydrogen-bond acceptors (Lipinski definition) is 6. The van der Waals surface area contributed by atoms with Crippen molar-refractivity contribution >= 4 is 46.5 Å². The first-order valence-electron chi connectivity index (χ1n) is 6.68. The van der Waals surface area contributed by atoms with Gasteiger partial charge in [-0.05, 0) is 26.0 Å². The van der Waals surface area contributed by atoms with Crippen LogP contribution in [0.5, 0.6) is 0 Å². The highest BCUT2D eigenvalue weighted by Gasteiger charge is 2.17. The number of carbonyl (C=O) groups excluding carboxylic acids is 1. The van der Waals surface area contributed by atoms with Gasteiger partial charge in [-0.15, -0.1) is 10.2 Å². The lowest BCUT2D eigenvalue weighted by Gasteiger charge is -2.09. The van der Waals surface area contributed by atoms with E-state index in [-0.39, 0.29) is 11.2 Å². The number of benzene rings is 1. The van der Waals surface area contributed by atoms with E-state index in [1.165, 1.54) is 23.1 Å². The van der Waals surface area contributed by atoms with Gasteiger partial charge in [0.2, 0.25) is 5.91 Å². The van der Waals surface area contributed by atoms with Gasteiger partial charge < -0.3 is 5.32 Å². The van der Waals surface area contributed by atoms with Crippen LogP contribution >= 0.6 is 34.9 Å². The third-order valence-electron chi connectivity index (χ3n) is 2.52. The van der Waals surface area contributed by atoms with Gasteiger partial charge in [0.1, 0.15) is 0 Å². The lowest BCUT2D eigenvalue weighted by atomic mass is 10.3. The van der Waals surface area contributed by atoms with Gasteiger partial charge in [-0.1, -0.05) is 65.2 Å². The molecule has 7 heteroatoms. The maximum atomic E-state index is 12.1. The van der Waals surface area contributed by atoms with Crippen LogP contribution in [0, 0.1) is 0 Å². The molecule has 0 unspecified atom stereocenters. The van der Waals surface area contributed by atoms with E-state index in [9.17, 15) is 4.79 Å². The van der Waals surface area contributed by atoms with E-state index in [4.69, 9.17) is 0 Å². The van der Waals surface area contributed by atoms with Crippen LogP contribution in [0.1, 0.15) is 13.8 Å². The van der Waals surface area contributed by atoms with Crippen LogP contribution < -0.4 is 5.32 Å². The highest BCUT2D eigenvalue weighted by molar-refractivity contribution is 8.04. The molecular formula is C15H17N3OS3. The van der Waals surface area contributed by atoms with E-state index in [0.717, 1.165) is 25.7 Å². The molecule has 0 radical (unpaired) electrons. The summed E-state index contributed by atoms with van der Waals surface area (Å²) in [7, 11) is 0. The first kappa shape index (κ1) is 17.1. The predicted molar refractivity (Wildman–Crippen MR) is 95.8 cm³/mol. The second-order valence-electron chi connectivity index (χ2n) is 4.70. The SMILES string of the molecule is C=C(C)CSc1nnc(S[C@H](C)C(=O)Nc2ccccc2)s1. The lowest BCUT2D eigenvalue weighted by Crippen LogP contribution is -2.22. The molecule has 0 fully saturated rings. The largest absolute Gasteiger partial charge is 0.325 e. The summed E-state index contributed by atoms with van der Waals surface area (Å²) >= 11 is 4.55. The third-order valence-corrected chi connectivity index (χ3v) is 5.99. The maximum Gasteiger partial charge on any atom is 0.237 e. The van der Waals surface area contributed by atoms with Crippen molar-refractivity contribution in [2.24, 2.45) is 0 Å². The molecule has 2 aromatic rings. The summed E-state index contributed by atoms with van der Waals surface area (Å²) in [6.45, 7) is 7.72. The van der Waals surface area contributed by atoms with Gasteiger partial charge in [-0.2, -0.15) is 0 Å². The van der Waals surface area contributed by atoms with Gasteiger partial charge in [0, 0.05) is 11.4 Å². The molecule has 116 valence electrons. The van der Waals surface area contributed by atoms with Crippen molar-refractivity contribution < 1.29 is 4.79 Å². The molecule has 0 aliphatic carbocycles.